The predicted octanol–water partition coefficient (Wildman–Crippen LogP) is 3.60. The molecule has 0 atom stereocenters. The first kappa shape index (κ1) is 14.8. The summed E-state index contributed by atoms with van der Waals surface area (Å²) >= 11 is 0. The van der Waals surface area contributed by atoms with Crippen LogP contribution in [0, 0.1) is 0 Å². The van der Waals surface area contributed by atoms with Crippen molar-refractivity contribution in [3.63, 3.8) is 0 Å². The van der Waals surface area contributed by atoms with Crippen LogP contribution in [0.2, 0.25) is 0 Å². The van der Waals surface area contributed by atoms with Crippen LogP contribution in [-0.2, 0) is 0 Å². The van der Waals surface area contributed by atoms with Crippen molar-refractivity contribution < 1.29 is 9.90 Å². The molecule has 106 valence electrons. The number of aromatic carboxylic acids is 1. The van der Waals surface area contributed by atoms with E-state index >= 15 is 0 Å². The van der Waals surface area contributed by atoms with E-state index in [1.165, 1.54) is 0 Å². The number of rotatable bonds is 2. The largest absolute Gasteiger partial charge is 0.478 e. The molecular weight excluding hydrogens is 288 g/mol. The molecule has 0 bridgehead atoms. The van der Waals surface area contributed by atoms with Crippen LogP contribution in [0.25, 0.3) is 22.2 Å². The van der Waals surface area contributed by atoms with Gasteiger partial charge in [-0.3, -0.25) is 0 Å². The Labute approximate surface area is 127 Å². The molecule has 3 rings (SSSR count). The zero-order chi connectivity index (χ0) is 14.1. The number of nitrogen functional groups attached to an aromatic ring is 1. The highest BCUT2D eigenvalue weighted by atomic mass is 35.5. The van der Waals surface area contributed by atoms with E-state index in [0.717, 1.165) is 5.56 Å². The van der Waals surface area contributed by atoms with Gasteiger partial charge in [0.05, 0.1) is 16.8 Å². The van der Waals surface area contributed by atoms with Crippen molar-refractivity contribution in [1.82, 2.24) is 4.98 Å². The zero-order valence-electron chi connectivity index (χ0n) is 11.0. The molecule has 0 fully saturated rings. The molecule has 3 aromatic rings. The topological polar surface area (TPSA) is 76.2 Å². The first-order chi connectivity index (χ1) is 9.65. The highest BCUT2D eigenvalue weighted by Crippen LogP contribution is 2.26. The lowest BCUT2D eigenvalue weighted by molar-refractivity contribution is 0.0699. The van der Waals surface area contributed by atoms with Gasteiger partial charge in [0.15, 0.2) is 0 Å². The number of hydrogen-bond donors (Lipinski definition) is 2. The maximum atomic E-state index is 11.4. The van der Waals surface area contributed by atoms with Gasteiger partial charge in [0.25, 0.3) is 0 Å². The molecule has 0 aliphatic heterocycles. The highest BCUT2D eigenvalue weighted by molar-refractivity contribution is 6.04. The Morgan fingerprint density at radius 2 is 1.76 bits per heavy atom. The van der Waals surface area contributed by atoms with Gasteiger partial charge in [0.1, 0.15) is 0 Å². The van der Waals surface area contributed by atoms with Gasteiger partial charge in [-0.05, 0) is 24.3 Å². The Balaban J connectivity index is 0.00000161. The van der Waals surface area contributed by atoms with E-state index in [2.05, 4.69) is 4.98 Å². The number of carboxylic acids is 1. The van der Waals surface area contributed by atoms with Crippen LogP contribution in [0.15, 0.2) is 54.6 Å². The van der Waals surface area contributed by atoms with Crippen molar-refractivity contribution in [3.05, 3.63) is 60.2 Å². The fraction of sp³-hybridized carbons (Fsp3) is 0. The molecule has 2 aromatic carbocycles. The van der Waals surface area contributed by atoms with Crippen LogP contribution in [0.5, 0.6) is 0 Å². The van der Waals surface area contributed by atoms with E-state index < -0.39 is 5.97 Å². The average molecular weight is 301 g/mol. The van der Waals surface area contributed by atoms with Crippen molar-refractivity contribution >= 4 is 35.0 Å². The highest BCUT2D eigenvalue weighted by Gasteiger charge is 2.13. The van der Waals surface area contributed by atoms with Gasteiger partial charge in [-0.25, -0.2) is 9.78 Å². The minimum atomic E-state index is -0.986. The van der Waals surface area contributed by atoms with Crippen LogP contribution in [0.4, 0.5) is 5.69 Å². The summed E-state index contributed by atoms with van der Waals surface area (Å²) in [6, 6.07) is 16.2. The summed E-state index contributed by atoms with van der Waals surface area (Å²) in [6.07, 6.45) is 0. The normalized spacial score (nSPS) is 10.1. The lowest BCUT2D eigenvalue weighted by atomic mass is 10.0. The number of nitrogens with two attached hydrogens (primary N) is 1. The molecule has 0 radical (unpaired) electrons. The maximum absolute atomic E-state index is 11.4. The Bertz CT molecular complexity index is 804. The lowest BCUT2D eigenvalue weighted by Crippen LogP contribution is -2.01. The fourth-order valence-electron chi connectivity index (χ4n) is 2.18. The van der Waals surface area contributed by atoms with Crippen LogP contribution < -0.4 is 5.73 Å². The molecule has 5 heteroatoms. The third kappa shape index (κ3) is 2.80. The number of aromatic nitrogens is 1. The molecule has 4 nitrogen and oxygen atoms in total. The predicted molar refractivity (Wildman–Crippen MR) is 85.8 cm³/mol. The van der Waals surface area contributed by atoms with E-state index in [-0.39, 0.29) is 18.0 Å². The van der Waals surface area contributed by atoms with E-state index in [9.17, 15) is 9.90 Å². The summed E-state index contributed by atoms with van der Waals surface area (Å²) < 4.78 is 0. The number of anilines is 1. The minimum absolute atomic E-state index is 0. The molecular formula is C16H13ClN2O2. The summed E-state index contributed by atoms with van der Waals surface area (Å²) in [6.45, 7) is 0. The van der Waals surface area contributed by atoms with Crippen molar-refractivity contribution in [3.8, 4) is 11.3 Å². The van der Waals surface area contributed by atoms with Crippen LogP contribution in [0.1, 0.15) is 10.4 Å². The van der Waals surface area contributed by atoms with Gasteiger partial charge >= 0.3 is 5.97 Å². The fourth-order valence-corrected chi connectivity index (χ4v) is 2.18. The number of carboxylic acid groups (broad SMARTS) is 1. The van der Waals surface area contributed by atoms with Crippen molar-refractivity contribution in [2.24, 2.45) is 0 Å². The summed E-state index contributed by atoms with van der Waals surface area (Å²) in [7, 11) is 0. The maximum Gasteiger partial charge on any atom is 0.336 e. The van der Waals surface area contributed by atoms with Crippen LogP contribution in [-0.4, -0.2) is 16.1 Å². The smallest absolute Gasteiger partial charge is 0.336 e. The first-order valence-electron chi connectivity index (χ1n) is 6.14. The molecule has 21 heavy (non-hydrogen) atoms. The second-order valence-corrected chi connectivity index (χ2v) is 4.50. The average Bonchev–Trinajstić information content (AvgIpc) is 2.47. The van der Waals surface area contributed by atoms with Crippen LogP contribution >= 0.6 is 12.4 Å². The number of hydrogen-bond acceptors (Lipinski definition) is 3. The van der Waals surface area contributed by atoms with E-state index in [0.29, 0.717) is 22.3 Å². The molecule has 0 saturated heterocycles. The number of carbonyl (C=O) groups is 1. The molecule has 0 amide bonds. The third-order valence-corrected chi connectivity index (χ3v) is 3.13. The number of nitrogens with zero attached hydrogens (tertiary/aromatic N) is 1. The number of halogens is 1. The molecule has 1 heterocycles. The van der Waals surface area contributed by atoms with Crippen molar-refractivity contribution in [1.29, 1.82) is 0 Å². The molecule has 0 saturated carbocycles. The molecule has 0 unspecified atom stereocenters. The molecule has 0 spiro atoms. The van der Waals surface area contributed by atoms with Gasteiger partial charge in [-0.15, -0.1) is 12.4 Å². The summed E-state index contributed by atoms with van der Waals surface area (Å²) in [5.41, 5.74) is 8.60. The molecule has 1 aromatic heterocycles. The Hall–Kier alpha value is -2.59. The third-order valence-electron chi connectivity index (χ3n) is 3.13. The minimum Gasteiger partial charge on any atom is -0.478 e. The molecule has 0 aliphatic rings. The van der Waals surface area contributed by atoms with Crippen LogP contribution in [0.3, 0.4) is 0 Å². The lowest BCUT2D eigenvalue weighted by Gasteiger charge is -2.07. The molecule has 3 N–H and O–H groups in total. The molecule has 0 aliphatic carbocycles. The Kier molecular flexibility index (Phi) is 4.10. The number of pyridine rings is 1. The van der Waals surface area contributed by atoms with Gasteiger partial charge in [-0.1, -0.05) is 30.3 Å². The zero-order valence-corrected chi connectivity index (χ0v) is 11.8. The van der Waals surface area contributed by atoms with Gasteiger partial charge in [0.2, 0.25) is 0 Å². The summed E-state index contributed by atoms with van der Waals surface area (Å²) in [5.74, 6) is -0.986. The van der Waals surface area contributed by atoms with Crippen molar-refractivity contribution in [2.45, 2.75) is 0 Å². The monoisotopic (exact) mass is 300 g/mol. The number of benzene rings is 2. The van der Waals surface area contributed by atoms with E-state index in [4.69, 9.17) is 5.73 Å². The quantitative estimate of drug-likeness (QED) is 0.709. The Morgan fingerprint density at radius 3 is 2.43 bits per heavy atom. The van der Waals surface area contributed by atoms with Gasteiger partial charge in [0, 0.05) is 16.6 Å². The first-order valence-corrected chi connectivity index (χ1v) is 6.14. The van der Waals surface area contributed by atoms with E-state index in [1.54, 1.807) is 24.3 Å². The number of fused-ring (bicyclic) bond motifs is 1. The second-order valence-electron chi connectivity index (χ2n) is 4.50. The summed E-state index contributed by atoms with van der Waals surface area (Å²) in [4.78, 5) is 16.0. The van der Waals surface area contributed by atoms with Gasteiger partial charge in [-0.2, -0.15) is 0 Å². The Morgan fingerprint density at radius 1 is 1.05 bits per heavy atom. The second kappa shape index (κ2) is 5.81. The van der Waals surface area contributed by atoms with Gasteiger partial charge < -0.3 is 10.8 Å². The SMILES string of the molecule is Cl.Nc1ccc2nc(-c3ccccc3)cc(C(=O)O)c2c1. The standard InChI is InChI=1S/C16H12N2O2.ClH/c17-11-6-7-14-12(8-11)13(16(19)20)9-15(18-14)10-4-2-1-3-5-10;/h1-9H,17H2,(H,19,20);1H. The van der Waals surface area contributed by atoms with Crippen molar-refractivity contribution in [2.75, 3.05) is 5.73 Å². The summed E-state index contributed by atoms with van der Waals surface area (Å²) in [5, 5.41) is 9.93. The van der Waals surface area contributed by atoms with E-state index in [1.807, 2.05) is 30.3 Å².